The minimum Gasteiger partial charge on any atom is -0.477 e. The lowest BCUT2D eigenvalue weighted by atomic mass is 10.4. The molecule has 5 heteroatoms. The summed E-state index contributed by atoms with van der Waals surface area (Å²) in [5.41, 5.74) is 0. The number of aliphatic carboxylic acids is 1. The number of hydrogen-bond acceptors (Lipinski definition) is 3. The van der Waals surface area contributed by atoms with Crippen LogP contribution in [0.1, 0.15) is 0 Å². The van der Waals surface area contributed by atoms with Crippen LogP contribution in [0.2, 0.25) is 0 Å². The number of carboxylic acid groups (broad SMARTS) is 1. The van der Waals surface area contributed by atoms with Crippen LogP contribution in [0.25, 0.3) is 0 Å². The third kappa shape index (κ3) is 2.17. The van der Waals surface area contributed by atoms with Crippen molar-refractivity contribution in [1.82, 2.24) is 0 Å². The highest BCUT2D eigenvalue weighted by Gasteiger charge is 2.32. The average molecular weight is 226 g/mol. The van der Waals surface area contributed by atoms with E-state index < -0.39 is 18.7 Å². The monoisotopic (exact) mass is 226 g/mol. The van der Waals surface area contributed by atoms with Crippen molar-refractivity contribution in [2.75, 3.05) is 7.11 Å². The van der Waals surface area contributed by atoms with E-state index in [1.165, 1.54) is 7.11 Å². The lowest BCUT2D eigenvalue weighted by Gasteiger charge is -2.15. The number of rotatable bonds is 4. The van der Waals surface area contributed by atoms with Crippen molar-refractivity contribution < 1.29 is 19.0 Å². The van der Waals surface area contributed by atoms with Crippen molar-refractivity contribution in [2.45, 2.75) is 0 Å². The lowest BCUT2D eigenvalue weighted by Crippen LogP contribution is -2.12. The summed E-state index contributed by atoms with van der Waals surface area (Å²) in [6.07, 6.45) is 0. The van der Waals surface area contributed by atoms with E-state index in [2.05, 4.69) is 6.58 Å². The van der Waals surface area contributed by atoms with Crippen LogP contribution in [0, 0.1) is 0 Å². The van der Waals surface area contributed by atoms with Gasteiger partial charge < -0.3 is 9.63 Å². The molecule has 1 atom stereocenters. The van der Waals surface area contributed by atoms with Crippen molar-refractivity contribution in [3.05, 3.63) is 42.2 Å². The molecule has 1 aromatic carbocycles. The van der Waals surface area contributed by atoms with Crippen molar-refractivity contribution in [3.63, 3.8) is 0 Å². The summed E-state index contributed by atoms with van der Waals surface area (Å²) >= 11 is 0. The third-order valence-corrected chi connectivity index (χ3v) is 4.35. The van der Waals surface area contributed by atoms with Gasteiger partial charge in [0.05, 0.1) is 0 Å². The number of hydrogen-bond donors (Lipinski definition) is 1. The fraction of sp³-hybridized carbons (Fsp3) is 0.100. The summed E-state index contributed by atoms with van der Waals surface area (Å²) < 4.78 is 17.0. The molecule has 0 saturated heterocycles. The average Bonchev–Trinajstić information content (AvgIpc) is 2.28. The normalized spacial score (nSPS) is 14.2. The Bertz CT molecular complexity index is 424. The van der Waals surface area contributed by atoms with Crippen LogP contribution in [0.4, 0.5) is 0 Å². The Balaban J connectivity index is 3.24. The first-order valence-electron chi connectivity index (χ1n) is 4.16. The highest BCUT2D eigenvalue weighted by atomic mass is 31.2. The van der Waals surface area contributed by atoms with Crippen LogP contribution in [-0.4, -0.2) is 18.2 Å². The third-order valence-electron chi connectivity index (χ3n) is 1.96. The highest BCUT2D eigenvalue weighted by Crippen LogP contribution is 2.52. The van der Waals surface area contributed by atoms with Gasteiger partial charge in [-0.05, 0) is 12.1 Å². The molecule has 1 N–H and O–H groups in total. The molecular formula is C10H11O4P. The molecule has 0 spiro atoms. The van der Waals surface area contributed by atoms with Gasteiger partial charge in [0.2, 0.25) is 0 Å². The second-order valence-electron chi connectivity index (χ2n) is 2.82. The maximum absolute atomic E-state index is 12.2. The van der Waals surface area contributed by atoms with E-state index in [9.17, 15) is 9.36 Å². The standard InChI is InChI=1S/C10H11O4P/c1-8(10(11)12)15(13,14-2)9-6-4-3-5-7-9/h3-7H,1H2,2H3,(H,11,12). The molecule has 0 bridgehead atoms. The van der Waals surface area contributed by atoms with Gasteiger partial charge in [-0.1, -0.05) is 24.8 Å². The first-order valence-corrected chi connectivity index (χ1v) is 5.79. The minimum absolute atomic E-state index is 0.333. The number of carbonyl (C=O) groups is 1. The predicted molar refractivity (Wildman–Crippen MR) is 57.5 cm³/mol. The Hall–Kier alpha value is -1.38. The Morgan fingerprint density at radius 1 is 1.40 bits per heavy atom. The van der Waals surface area contributed by atoms with Crippen LogP contribution in [-0.2, 0) is 13.9 Å². The first-order chi connectivity index (χ1) is 7.02. The molecule has 0 radical (unpaired) electrons. The topological polar surface area (TPSA) is 63.6 Å². The van der Waals surface area contributed by atoms with Crippen LogP contribution in [0.3, 0.4) is 0 Å². The zero-order chi connectivity index (χ0) is 11.5. The van der Waals surface area contributed by atoms with E-state index in [0.717, 1.165) is 0 Å². The highest BCUT2D eigenvalue weighted by molar-refractivity contribution is 7.72. The SMILES string of the molecule is C=C(C(=O)O)P(=O)(OC)c1ccccc1. The van der Waals surface area contributed by atoms with Gasteiger partial charge in [0, 0.05) is 12.4 Å². The summed E-state index contributed by atoms with van der Waals surface area (Å²) in [4.78, 5) is 10.7. The molecule has 1 unspecified atom stereocenters. The van der Waals surface area contributed by atoms with Crippen molar-refractivity contribution in [2.24, 2.45) is 0 Å². The van der Waals surface area contributed by atoms with Gasteiger partial charge in [0.1, 0.15) is 5.31 Å². The second kappa shape index (κ2) is 4.43. The molecule has 0 amide bonds. The number of benzene rings is 1. The van der Waals surface area contributed by atoms with Crippen molar-refractivity contribution >= 4 is 18.6 Å². The zero-order valence-electron chi connectivity index (χ0n) is 8.21. The Morgan fingerprint density at radius 3 is 2.33 bits per heavy atom. The van der Waals surface area contributed by atoms with Crippen LogP contribution in [0.15, 0.2) is 42.2 Å². The van der Waals surface area contributed by atoms with E-state index >= 15 is 0 Å². The van der Waals surface area contributed by atoms with Crippen molar-refractivity contribution in [3.8, 4) is 0 Å². The fourth-order valence-electron chi connectivity index (χ4n) is 1.12. The van der Waals surface area contributed by atoms with Gasteiger partial charge in [0.25, 0.3) is 7.37 Å². The fourth-order valence-corrected chi connectivity index (χ4v) is 2.68. The maximum atomic E-state index is 12.2. The Morgan fingerprint density at radius 2 is 1.93 bits per heavy atom. The van der Waals surface area contributed by atoms with E-state index in [-0.39, 0.29) is 0 Å². The molecule has 0 heterocycles. The molecule has 1 rings (SSSR count). The second-order valence-corrected chi connectivity index (χ2v) is 5.35. The molecular weight excluding hydrogens is 215 g/mol. The quantitative estimate of drug-likeness (QED) is 0.628. The Kier molecular flexibility index (Phi) is 3.45. The molecule has 0 aliphatic carbocycles. The molecule has 4 nitrogen and oxygen atoms in total. The van der Waals surface area contributed by atoms with E-state index in [1.807, 2.05) is 0 Å². The molecule has 15 heavy (non-hydrogen) atoms. The molecule has 0 aliphatic rings. The zero-order valence-corrected chi connectivity index (χ0v) is 9.11. The summed E-state index contributed by atoms with van der Waals surface area (Å²) in [7, 11) is -2.28. The Labute approximate surface area is 87.6 Å². The number of carboxylic acids is 1. The molecule has 0 fully saturated rings. The van der Waals surface area contributed by atoms with Gasteiger partial charge in [-0.3, -0.25) is 4.57 Å². The van der Waals surface area contributed by atoms with Crippen LogP contribution < -0.4 is 5.30 Å². The maximum Gasteiger partial charge on any atom is 0.341 e. The van der Waals surface area contributed by atoms with Crippen molar-refractivity contribution in [1.29, 1.82) is 0 Å². The molecule has 0 saturated carbocycles. The minimum atomic E-state index is -3.49. The van der Waals surface area contributed by atoms with Gasteiger partial charge in [-0.25, -0.2) is 4.79 Å². The largest absolute Gasteiger partial charge is 0.477 e. The molecule has 0 aliphatic heterocycles. The van der Waals surface area contributed by atoms with E-state index in [1.54, 1.807) is 30.3 Å². The molecule has 0 aromatic heterocycles. The summed E-state index contributed by atoms with van der Waals surface area (Å²) in [6.45, 7) is 3.29. The van der Waals surface area contributed by atoms with Gasteiger partial charge >= 0.3 is 5.97 Å². The van der Waals surface area contributed by atoms with Gasteiger partial charge in [0.15, 0.2) is 0 Å². The lowest BCUT2D eigenvalue weighted by molar-refractivity contribution is -0.131. The van der Waals surface area contributed by atoms with Gasteiger partial charge in [-0.15, -0.1) is 0 Å². The molecule has 80 valence electrons. The smallest absolute Gasteiger partial charge is 0.341 e. The summed E-state index contributed by atoms with van der Waals surface area (Å²) in [6, 6.07) is 8.18. The van der Waals surface area contributed by atoms with E-state index in [4.69, 9.17) is 9.63 Å². The van der Waals surface area contributed by atoms with Gasteiger partial charge in [-0.2, -0.15) is 0 Å². The summed E-state index contributed by atoms with van der Waals surface area (Å²) in [5.74, 6) is -1.32. The van der Waals surface area contributed by atoms with E-state index in [0.29, 0.717) is 5.30 Å². The first kappa shape index (κ1) is 11.7. The summed E-state index contributed by atoms with van der Waals surface area (Å²) in [5, 5.41) is 8.67. The van der Waals surface area contributed by atoms with Crippen LogP contribution >= 0.6 is 7.37 Å². The van der Waals surface area contributed by atoms with Crippen LogP contribution in [0.5, 0.6) is 0 Å². The predicted octanol–water partition coefficient (Wildman–Crippen LogP) is 1.83. The molecule has 1 aromatic rings.